The predicted molar refractivity (Wildman–Crippen MR) is 66.3 cm³/mol. The highest BCUT2D eigenvalue weighted by Gasteiger charge is 2.26. The molecule has 0 aromatic carbocycles. The van der Waals surface area contributed by atoms with Gasteiger partial charge in [0.2, 0.25) is 0 Å². The van der Waals surface area contributed by atoms with E-state index in [4.69, 9.17) is 17.3 Å². The van der Waals surface area contributed by atoms with Crippen LogP contribution in [0.3, 0.4) is 0 Å². The maximum atomic E-state index is 11.7. The number of ketones is 1. The Morgan fingerprint density at radius 3 is 2.82 bits per heavy atom. The van der Waals surface area contributed by atoms with Crippen LogP contribution >= 0.6 is 11.6 Å². The summed E-state index contributed by atoms with van der Waals surface area (Å²) >= 11 is 5.91. The van der Waals surface area contributed by atoms with Crippen molar-refractivity contribution in [3.05, 3.63) is 28.0 Å². The first-order valence-corrected chi connectivity index (χ1v) is 5.74. The number of nitrogens with two attached hydrogens (primary N) is 1. The van der Waals surface area contributed by atoms with Gasteiger partial charge >= 0.3 is 0 Å². The lowest BCUT2D eigenvalue weighted by Crippen LogP contribution is -2.03. The molecule has 0 unspecified atom stereocenters. The molecule has 86 valence electrons. The number of hydrogen-bond acceptors (Lipinski definition) is 4. The van der Waals surface area contributed by atoms with Crippen molar-refractivity contribution in [3.8, 4) is 0 Å². The van der Waals surface area contributed by atoms with Crippen molar-refractivity contribution in [2.75, 3.05) is 5.73 Å². The molecule has 4 nitrogen and oxygen atoms in total. The Bertz CT molecular complexity index is 667. The minimum Gasteiger partial charge on any atom is -0.397 e. The monoisotopic (exact) mass is 247 g/mol. The van der Waals surface area contributed by atoms with Gasteiger partial charge in [-0.15, -0.1) is 0 Å². The summed E-state index contributed by atoms with van der Waals surface area (Å²) < 4.78 is 0. The zero-order valence-corrected chi connectivity index (χ0v) is 10.0. The van der Waals surface area contributed by atoms with E-state index in [1.54, 1.807) is 6.07 Å². The molecule has 0 amide bonds. The van der Waals surface area contributed by atoms with Crippen LogP contribution < -0.4 is 5.73 Å². The van der Waals surface area contributed by atoms with Gasteiger partial charge in [-0.1, -0.05) is 11.6 Å². The van der Waals surface area contributed by atoms with Gasteiger partial charge < -0.3 is 5.73 Å². The molecule has 2 aromatic rings. The Kier molecular flexibility index (Phi) is 2.10. The molecule has 0 saturated heterocycles. The first-order chi connectivity index (χ1) is 8.08. The van der Waals surface area contributed by atoms with E-state index in [1.165, 1.54) is 0 Å². The summed E-state index contributed by atoms with van der Waals surface area (Å²) in [6.07, 6.45) is 1.13. The van der Waals surface area contributed by atoms with Crippen LogP contribution in [0, 0.1) is 6.92 Å². The summed E-state index contributed by atoms with van der Waals surface area (Å²) in [6.45, 7) is 1.88. The van der Waals surface area contributed by atoms with Gasteiger partial charge in [0.1, 0.15) is 16.4 Å². The SMILES string of the molecule is Cc1cc(Cl)nc2c(N)c3c(nc12)C(=O)CC3. The molecule has 1 aliphatic carbocycles. The number of rotatable bonds is 0. The van der Waals surface area contributed by atoms with Crippen LogP contribution in [0.2, 0.25) is 5.15 Å². The lowest BCUT2D eigenvalue weighted by Gasteiger charge is -2.08. The van der Waals surface area contributed by atoms with Crippen LogP contribution in [-0.4, -0.2) is 15.8 Å². The highest BCUT2D eigenvalue weighted by molar-refractivity contribution is 6.30. The molecule has 0 radical (unpaired) electrons. The number of Topliss-reactive ketones (excluding diaryl/α,β-unsaturated/α-hetero) is 1. The van der Waals surface area contributed by atoms with Gasteiger partial charge in [-0.25, -0.2) is 9.97 Å². The number of hydrogen-bond donors (Lipinski definition) is 1. The average molecular weight is 248 g/mol. The Labute approximate surface area is 103 Å². The average Bonchev–Trinajstić information content (AvgIpc) is 2.63. The fraction of sp³-hybridized carbons (Fsp3) is 0.250. The number of nitrogen functional groups attached to an aromatic ring is 1. The van der Waals surface area contributed by atoms with E-state index in [0.29, 0.717) is 40.4 Å². The van der Waals surface area contributed by atoms with Crippen molar-refractivity contribution in [1.29, 1.82) is 0 Å². The zero-order chi connectivity index (χ0) is 12.2. The van der Waals surface area contributed by atoms with E-state index in [9.17, 15) is 4.79 Å². The van der Waals surface area contributed by atoms with Gasteiger partial charge in [0.25, 0.3) is 0 Å². The van der Waals surface area contributed by atoms with Crippen LogP contribution in [0.15, 0.2) is 6.07 Å². The quantitative estimate of drug-likeness (QED) is 0.726. The van der Waals surface area contributed by atoms with Gasteiger partial charge in [-0.3, -0.25) is 4.79 Å². The number of aryl methyl sites for hydroxylation is 1. The van der Waals surface area contributed by atoms with Gasteiger partial charge in [0, 0.05) is 12.0 Å². The molecule has 17 heavy (non-hydrogen) atoms. The summed E-state index contributed by atoms with van der Waals surface area (Å²) in [5, 5.41) is 0.396. The van der Waals surface area contributed by atoms with Crippen molar-refractivity contribution >= 4 is 34.1 Å². The van der Waals surface area contributed by atoms with Gasteiger partial charge in [-0.05, 0) is 25.0 Å². The second-order valence-electron chi connectivity index (χ2n) is 4.23. The molecule has 0 saturated carbocycles. The lowest BCUT2D eigenvalue weighted by atomic mass is 10.1. The molecule has 0 aliphatic heterocycles. The minimum atomic E-state index is 0.0583. The van der Waals surface area contributed by atoms with E-state index < -0.39 is 0 Å². The van der Waals surface area contributed by atoms with Crippen LogP contribution in [-0.2, 0) is 6.42 Å². The van der Waals surface area contributed by atoms with Gasteiger partial charge in [-0.2, -0.15) is 0 Å². The smallest absolute Gasteiger partial charge is 0.181 e. The Morgan fingerprint density at radius 1 is 1.29 bits per heavy atom. The maximum absolute atomic E-state index is 11.7. The van der Waals surface area contributed by atoms with E-state index in [2.05, 4.69) is 9.97 Å². The van der Waals surface area contributed by atoms with E-state index >= 15 is 0 Å². The van der Waals surface area contributed by atoms with Crippen LogP contribution in [0.4, 0.5) is 5.69 Å². The lowest BCUT2D eigenvalue weighted by molar-refractivity contribution is 0.0990. The van der Waals surface area contributed by atoms with Crippen LogP contribution in [0.1, 0.15) is 28.0 Å². The fourth-order valence-electron chi connectivity index (χ4n) is 2.25. The third kappa shape index (κ3) is 1.41. The molecule has 1 aliphatic rings. The van der Waals surface area contributed by atoms with Crippen molar-refractivity contribution in [2.45, 2.75) is 19.8 Å². The molecule has 0 bridgehead atoms. The van der Waals surface area contributed by atoms with Gasteiger partial charge in [0.15, 0.2) is 5.78 Å². The molecule has 3 rings (SSSR count). The Hall–Kier alpha value is -1.68. The minimum absolute atomic E-state index is 0.0583. The molecule has 2 aromatic heterocycles. The van der Waals surface area contributed by atoms with E-state index in [0.717, 1.165) is 11.1 Å². The predicted octanol–water partition coefficient (Wildman–Crippen LogP) is 2.30. The van der Waals surface area contributed by atoms with Crippen molar-refractivity contribution in [3.63, 3.8) is 0 Å². The standard InChI is InChI=1S/C12H10ClN3O/c1-5-4-8(13)15-12-9(14)6-2-3-7(17)11(6)16-10(5)12/h4H,2-3H2,1H3,(H2,14,16). The topological polar surface area (TPSA) is 68.9 Å². The first-order valence-electron chi connectivity index (χ1n) is 5.36. The summed E-state index contributed by atoms with van der Waals surface area (Å²) in [4.78, 5) is 20.3. The van der Waals surface area contributed by atoms with Crippen LogP contribution in [0.25, 0.3) is 11.0 Å². The second-order valence-corrected chi connectivity index (χ2v) is 4.62. The molecular weight excluding hydrogens is 238 g/mol. The number of nitrogens with zero attached hydrogens (tertiary/aromatic N) is 2. The number of anilines is 1. The normalized spacial score (nSPS) is 14.4. The Balaban J connectivity index is 2.48. The highest BCUT2D eigenvalue weighted by Crippen LogP contribution is 2.32. The molecule has 0 spiro atoms. The second kappa shape index (κ2) is 3.40. The largest absolute Gasteiger partial charge is 0.397 e. The Morgan fingerprint density at radius 2 is 2.06 bits per heavy atom. The summed E-state index contributed by atoms with van der Waals surface area (Å²) in [7, 11) is 0. The summed E-state index contributed by atoms with van der Waals surface area (Å²) in [5.74, 6) is 0.0583. The number of fused-ring (bicyclic) bond motifs is 2. The molecule has 2 heterocycles. The van der Waals surface area contributed by atoms with E-state index in [-0.39, 0.29) is 5.78 Å². The zero-order valence-electron chi connectivity index (χ0n) is 9.25. The van der Waals surface area contributed by atoms with Crippen LogP contribution in [0.5, 0.6) is 0 Å². The molecule has 5 heteroatoms. The molecule has 2 N–H and O–H groups in total. The summed E-state index contributed by atoms with van der Waals surface area (Å²) in [6, 6.07) is 1.72. The first kappa shape index (κ1) is 10.5. The number of carbonyl (C=O) groups excluding carboxylic acids is 1. The summed E-state index contributed by atoms with van der Waals surface area (Å²) in [5.41, 5.74) is 10.1. The van der Waals surface area contributed by atoms with Crippen molar-refractivity contribution in [1.82, 2.24) is 9.97 Å². The fourth-order valence-corrected chi connectivity index (χ4v) is 2.49. The highest BCUT2D eigenvalue weighted by atomic mass is 35.5. The van der Waals surface area contributed by atoms with Gasteiger partial charge in [0.05, 0.1) is 11.2 Å². The molecule has 0 fully saturated rings. The van der Waals surface area contributed by atoms with E-state index in [1.807, 2.05) is 6.92 Å². The molecular formula is C12H10ClN3O. The van der Waals surface area contributed by atoms with Crippen molar-refractivity contribution in [2.24, 2.45) is 0 Å². The van der Waals surface area contributed by atoms with Crippen molar-refractivity contribution < 1.29 is 4.79 Å². The number of pyridine rings is 2. The number of halogens is 1. The third-order valence-electron chi connectivity index (χ3n) is 3.11. The maximum Gasteiger partial charge on any atom is 0.181 e. The number of aromatic nitrogens is 2. The number of carbonyl (C=O) groups is 1. The third-order valence-corrected chi connectivity index (χ3v) is 3.30. The molecule has 0 atom stereocenters.